The van der Waals surface area contributed by atoms with E-state index >= 15 is 0 Å². The van der Waals surface area contributed by atoms with Crippen molar-refractivity contribution in [1.82, 2.24) is 5.32 Å². The molecule has 1 amide bonds. The molecule has 0 aromatic heterocycles. The van der Waals surface area contributed by atoms with Gasteiger partial charge in [-0.15, -0.1) is 0 Å². The van der Waals surface area contributed by atoms with Gasteiger partial charge in [0.1, 0.15) is 0 Å². The average Bonchev–Trinajstić information content (AvgIpc) is 2.97. The highest BCUT2D eigenvalue weighted by Gasteiger charge is 2.30. The van der Waals surface area contributed by atoms with E-state index in [9.17, 15) is 4.79 Å². The molecule has 0 spiro atoms. The maximum absolute atomic E-state index is 11.8. The van der Waals surface area contributed by atoms with E-state index in [1.165, 1.54) is 0 Å². The van der Waals surface area contributed by atoms with Crippen molar-refractivity contribution in [2.75, 3.05) is 6.54 Å². The Bertz CT molecular complexity index is 253. The van der Waals surface area contributed by atoms with Gasteiger partial charge in [0.05, 0.1) is 18.1 Å². The molecule has 4 heteroatoms. The second kappa shape index (κ2) is 5.15. The zero-order valence-electron chi connectivity index (χ0n) is 9.95. The topological polar surface area (TPSA) is 64.4 Å². The van der Waals surface area contributed by atoms with E-state index in [4.69, 9.17) is 10.5 Å². The minimum Gasteiger partial charge on any atom is -0.375 e. The molecule has 2 fully saturated rings. The monoisotopic (exact) mass is 226 g/mol. The van der Waals surface area contributed by atoms with Crippen molar-refractivity contribution >= 4 is 5.91 Å². The van der Waals surface area contributed by atoms with Gasteiger partial charge in [-0.2, -0.15) is 0 Å². The van der Waals surface area contributed by atoms with E-state index in [2.05, 4.69) is 12.2 Å². The van der Waals surface area contributed by atoms with Crippen molar-refractivity contribution in [2.45, 2.75) is 57.3 Å². The van der Waals surface area contributed by atoms with Gasteiger partial charge in [-0.1, -0.05) is 0 Å². The number of carbonyl (C=O) groups is 1. The van der Waals surface area contributed by atoms with Crippen molar-refractivity contribution in [2.24, 2.45) is 11.7 Å². The van der Waals surface area contributed by atoms with Gasteiger partial charge in [-0.05, 0) is 39.0 Å². The molecule has 1 heterocycles. The van der Waals surface area contributed by atoms with Crippen LogP contribution < -0.4 is 11.1 Å². The number of nitrogens with one attached hydrogen (secondary N) is 1. The fourth-order valence-corrected chi connectivity index (χ4v) is 2.23. The lowest BCUT2D eigenvalue weighted by atomic mass is 9.99. The van der Waals surface area contributed by atoms with Crippen LogP contribution in [0.15, 0.2) is 0 Å². The van der Waals surface area contributed by atoms with Crippen LogP contribution in [-0.2, 0) is 9.53 Å². The number of rotatable bonds is 5. The molecule has 1 saturated carbocycles. The standard InChI is InChI=1S/C12H22N2O2/c1-8-2-5-11(16-8)6-9(7-13)12(15)14-10-3-4-10/h8-11H,2-7,13H2,1H3,(H,14,15). The summed E-state index contributed by atoms with van der Waals surface area (Å²) in [7, 11) is 0. The average molecular weight is 226 g/mol. The second-order valence-electron chi connectivity index (χ2n) is 5.10. The fraction of sp³-hybridized carbons (Fsp3) is 0.917. The Labute approximate surface area is 96.9 Å². The minimum atomic E-state index is -0.0732. The van der Waals surface area contributed by atoms with E-state index < -0.39 is 0 Å². The lowest BCUT2D eigenvalue weighted by Gasteiger charge is -2.18. The van der Waals surface area contributed by atoms with Crippen LogP contribution >= 0.6 is 0 Å². The van der Waals surface area contributed by atoms with Gasteiger partial charge < -0.3 is 15.8 Å². The first-order chi connectivity index (χ1) is 7.69. The summed E-state index contributed by atoms with van der Waals surface area (Å²) in [5, 5.41) is 3.02. The molecular formula is C12H22N2O2. The fourth-order valence-electron chi connectivity index (χ4n) is 2.23. The third-order valence-electron chi connectivity index (χ3n) is 3.45. The molecule has 3 N–H and O–H groups in total. The van der Waals surface area contributed by atoms with E-state index in [0.717, 1.165) is 32.1 Å². The predicted molar refractivity (Wildman–Crippen MR) is 61.9 cm³/mol. The largest absolute Gasteiger partial charge is 0.375 e. The van der Waals surface area contributed by atoms with Crippen LogP contribution in [0, 0.1) is 5.92 Å². The van der Waals surface area contributed by atoms with Crippen LogP contribution in [0.5, 0.6) is 0 Å². The van der Waals surface area contributed by atoms with Crippen molar-refractivity contribution < 1.29 is 9.53 Å². The molecule has 0 aromatic carbocycles. The van der Waals surface area contributed by atoms with Crippen LogP contribution in [-0.4, -0.2) is 30.7 Å². The lowest BCUT2D eigenvalue weighted by Crippen LogP contribution is -2.38. The summed E-state index contributed by atoms with van der Waals surface area (Å²) in [6.45, 7) is 2.51. The van der Waals surface area contributed by atoms with Crippen LogP contribution in [0.3, 0.4) is 0 Å². The van der Waals surface area contributed by atoms with Gasteiger partial charge in [-0.25, -0.2) is 0 Å². The number of amides is 1. The quantitative estimate of drug-likeness (QED) is 0.728. The third kappa shape index (κ3) is 3.19. The summed E-state index contributed by atoms with van der Waals surface area (Å²) >= 11 is 0. The molecule has 2 rings (SSSR count). The predicted octanol–water partition coefficient (Wildman–Crippen LogP) is 0.798. The molecule has 1 aliphatic heterocycles. The van der Waals surface area contributed by atoms with Gasteiger partial charge in [0.15, 0.2) is 0 Å². The van der Waals surface area contributed by atoms with Gasteiger partial charge in [0.25, 0.3) is 0 Å². The highest BCUT2D eigenvalue weighted by atomic mass is 16.5. The van der Waals surface area contributed by atoms with E-state index in [0.29, 0.717) is 18.7 Å². The molecule has 2 aliphatic rings. The molecule has 16 heavy (non-hydrogen) atoms. The van der Waals surface area contributed by atoms with Crippen molar-refractivity contribution in [3.8, 4) is 0 Å². The third-order valence-corrected chi connectivity index (χ3v) is 3.45. The molecule has 0 aromatic rings. The summed E-state index contributed by atoms with van der Waals surface area (Å²) in [6.07, 6.45) is 5.77. The molecule has 92 valence electrons. The Morgan fingerprint density at radius 1 is 1.44 bits per heavy atom. The summed E-state index contributed by atoms with van der Waals surface area (Å²) in [6, 6.07) is 0.421. The highest BCUT2D eigenvalue weighted by molar-refractivity contribution is 5.79. The first-order valence-electron chi connectivity index (χ1n) is 6.35. The van der Waals surface area contributed by atoms with Crippen LogP contribution in [0.4, 0.5) is 0 Å². The Balaban J connectivity index is 1.77. The van der Waals surface area contributed by atoms with E-state index in [1.54, 1.807) is 0 Å². The molecule has 1 saturated heterocycles. The maximum Gasteiger partial charge on any atom is 0.224 e. The SMILES string of the molecule is CC1CCC(CC(CN)C(=O)NC2CC2)O1. The molecular weight excluding hydrogens is 204 g/mol. The first-order valence-corrected chi connectivity index (χ1v) is 6.35. The molecule has 0 radical (unpaired) electrons. The van der Waals surface area contributed by atoms with Crippen molar-refractivity contribution in [3.63, 3.8) is 0 Å². The maximum atomic E-state index is 11.8. The van der Waals surface area contributed by atoms with Gasteiger partial charge >= 0.3 is 0 Å². The minimum absolute atomic E-state index is 0.0732. The highest BCUT2D eigenvalue weighted by Crippen LogP contribution is 2.25. The summed E-state index contributed by atoms with van der Waals surface area (Å²) in [5.74, 6) is 0.0454. The second-order valence-corrected chi connectivity index (χ2v) is 5.10. The van der Waals surface area contributed by atoms with E-state index in [-0.39, 0.29) is 17.9 Å². The number of carbonyl (C=O) groups excluding carboxylic acids is 1. The molecule has 3 unspecified atom stereocenters. The Hall–Kier alpha value is -0.610. The summed E-state index contributed by atoms with van der Waals surface area (Å²) in [5.41, 5.74) is 5.67. The number of nitrogens with two attached hydrogens (primary N) is 1. The Kier molecular flexibility index (Phi) is 3.82. The van der Waals surface area contributed by atoms with Gasteiger partial charge in [0.2, 0.25) is 5.91 Å². The van der Waals surface area contributed by atoms with Gasteiger partial charge in [0, 0.05) is 12.6 Å². The van der Waals surface area contributed by atoms with E-state index in [1.807, 2.05) is 0 Å². The lowest BCUT2D eigenvalue weighted by molar-refractivity contribution is -0.126. The molecule has 4 nitrogen and oxygen atoms in total. The Morgan fingerprint density at radius 3 is 2.69 bits per heavy atom. The molecule has 3 atom stereocenters. The number of hydrogen-bond acceptors (Lipinski definition) is 3. The van der Waals surface area contributed by atoms with Crippen molar-refractivity contribution in [3.05, 3.63) is 0 Å². The first kappa shape index (κ1) is 11.9. The van der Waals surface area contributed by atoms with Crippen LogP contribution in [0.2, 0.25) is 0 Å². The molecule has 0 bridgehead atoms. The molecule has 1 aliphatic carbocycles. The Morgan fingerprint density at radius 2 is 2.19 bits per heavy atom. The zero-order valence-corrected chi connectivity index (χ0v) is 9.95. The smallest absolute Gasteiger partial charge is 0.224 e. The number of ether oxygens (including phenoxy) is 1. The zero-order chi connectivity index (χ0) is 11.5. The summed E-state index contributed by atoms with van der Waals surface area (Å²) in [4.78, 5) is 11.8. The van der Waals surface area contributed by atoms with Gasteiger partial charge in [-0.3, -0.25) is 4.79 Å². The van der Waals surface area contributed by atoms with Crippen molar-refractivity contribution in [1.29, 1.82) is 0 Å². The van der Waals surface area contributed by atoms with Crippen LogP contribution in [0.25, 0.3) is 0 Å². The summed E-state index contributed by atoms with van der Waals surface area (Å²) < 4.78 is 5.73. The number of hydrogen-bond donors (Lipinski definition) is 2. The normalized spacial score (nSPS) is 31.4. The van der Waals surface area contributed by atoms with Crippen LogP contribution in [0.1, 0.15) is 39.0 Å².